The molecule has 1 unspecified atom stereocenters. The SMILES string of the molecule is CN(c1ncnc2[nH]ccc12)C1CN(S(=O)(=O)c2ccc(C#N)cc2)CC12CC2. The van der Waals surface area contributed by atoms with Gasteiger partial charge in [-0.1, -0.05) is 0 Å². The zero-order valence-electron chi connectivity index (χ0n) is 15.9. The minimum absolute atomic E-state index is 0.0397. The number of aromatic amines is 1. The van der Waals surface area contributed by atoms with Crippen molar-refractivity contribution in [2.75, 3.05) is 25.0 Å². The zero-order chi connectivity index (χ0) is 20.2. The Bertz CT molecular complexity index is 1220. The number of nitrogens with zero attached hydrogens (tertiary/aromatic N) is 5. The van der Waals surface area contributed by atoms with Crippen LogP contribution in [0.4, 0.5) is 5.82 Å². The molecule has 0 radical (unpaired) electrons. The van der Waals surface area contributed by atoms with E-state index < -0.39 is 10.0 Å². The zero-order valence-corrected chi connectivity index (χ0v) is 16.7. The summed E-state index contributed by atoms with van der Waals surface area (Å²) in [4.78, 5) is 14.2. The highest BCUT2D eigenvalue weighted by atomic mass is 32.2. The summed E-state index contributed by atoms with van der Waals surface area (Å²) in [5.41, 5.74) is 1.18. The molecule has 148 valence electrons. The molecule has 1 N–H and O–H groups in total. The molecule has 5 rings (SSSR count). The van der Waals surface area contributed by atoms with Crippen LogP contribution in [0.25, 0.3) is 11.0 Å². The van der Waals surface area contributed by atoms with Crippen molar-refractivity contribution in [1.82, 2.24) is 19.3 Å². The number of rotatable bonds is 4. The Morgan fingerprint density at radius 3 is 2.69 bits per heavy atom. The Labute approximate surface area is 168 Å². The first-order chi connectivity index (χ1) is 13.9. The average Bonchev–Trinajstić information content (AvgIpc) is 3.16. The van der Waals surface area contributed by atoms with Gasteiger partial charge in [0, 0.05) is 31.7 Å². The van der Waals surface area contributed by atoms with Gasteiger partial charge in [-0.3, -0.25) is 0 Å². The van der Waals surface area contributed by atoms with Crippen LogP contribution in [0.2, 0.25) is 0 Å². The number of aromatic nitrogens is 3. The predicted molar refractivity (Wildman–Crippen MR) is 108 cm³/mol. The lowest BCUT2D eigenvalue weighted by molar-refractivity contribution is 0.446. The second kappa shape index (κ2) is 6.27. The number of hydrogen-bond donors (Lipinski definition) is 1. The van der Waals surface area contributed by atoms with Crippen LogP contribution in [0.1, 0.15) is 18.4 Å². The summed E-state index contributed by atoms with van der Waals surface area (Å²) in [5, 5.41) is 9.89. The highest BCUT2D eigenvalue weighted by Crippen LogP contribution is 2.55. The predicted octanol–water partition coefficient (Wildman–Crippen LogP) is 2.12. The van der Waals surface area contributed by atoms with Gasteiger partial charge in [0.05, 0.1) is 28.0 Å². The highest BCUT2D eigenvalue weighted by molar-refractivity contribution is 7.89. The molecule has 2 aliphatic rings. The smallest absolute Gasteiger partial charge is 0.243 e. The number of nitriles is 1. The maximum absolute atomic E-state index is 13.2. The van der Waals surface area contributed by atoms with Gasteiger partial charge < -0.3 is 9.88 Å². The molecule has 9 heteroatoms. The number of benzene rings is 1. The van der Waals surface area contributed by atoms with Crippen molar-refractivity contribution in [2.45, 2.75) is 23.8 Å². The number of H-pyrrole nitrogens is 1. The van der Waals surface area contributed by atoms with Gasteiger partial charge in [0.25, 0.3) is 0 Å². The van der Waals surface area contributed by atoms with Crippen LogP contribution >= 0.6 is 0 Å². The minimum Gasteiger partial charge on any atom is -0.354 e. The maximum atomic E-state index is 13.2. The van der Waals surface area contributed by atoms with Crippen molar-refractivity contribution in [1.29, 1.82) is 5.26 Å². The molecule has 8 nitrogen and oxygen atoms in total. The fourth-order valence-corrected chi connectivity index (χ4v) is 5.96. The van der Waals surface area contributed by atoms with Crippen LogP contribution in [0, 0.1) is 16.7 Å². The van der Waals surface area contributed by atoms with Crippen molar-refractivity contribution in [3.8, 4) is 6.07 Å². The highest BCUT2D eigenvalue weighted by Gasteiger charge is 2.59. The number of fused-ring (bicyclic) bond motifs is 1. The van der Waals surface area contributed by atoms with Gasteiger partial charge in [-0.25, -0.2) is 18.4 Å². The van der Waals surface area contributed by atoms with Gasteiger partial charge >= 0.3 is 0 Å². The van der Waals surface area contributed by atoms with E-state index in [1.54, 1.807) is 16.4 Å². The van der Waals surface area contributed by atoms with Gasteiger partial charge in [-0.2, -0.15) is 9.57 Å². The van der Waals surface area contributed by atoms with Gasteiger partial charge in [0.1, 0.15) is 17.8 Å². The Kier molecular flexibility index (Phi) is 3.91. The van der Waals surface area contributed by atoms with E-state index in [4.69, 9.17) is 5.26 Å². The van der Waals surface area contributed by atoms with Crippen LogP contribution in [0.3, 0.4) is 0 Å². The molecule has 1 aliphatic heterocycles. The number of nitrogens with one attached hydrogen (secondary N) is 1. The molecule has 1 saturated carbocycles. The summed E-state index contributed by atoms with van der Waals surface area (Å²) < 4.78 is 28.0. The lowest BCUT2D eigenvalue weighted by Crippen LogP contribution is -2.40. The quantitative estimate of drug-likeness (QED) is 0.709. The molecule has 1 aliphatic carbocycles. The third-order valence-electron chi connectivity index (χ3n) is 6.22. The first-order valence-electron chi connectivity index (χ1n) is 9.46. The van der Waals surface area contributed by atoms with Crippen LogP contribution in [-0.4, -0.2) is 53.9 Å². The summed E-state index contributed by atoms with van der Waals surface area (Å²) in [6.07, 6.45) is 5.37. The van der Waals surface area contributed by atoms with E-state index >= 15 is 0 Å². The average molecular weight is 408 g/mol. The van der Waals surface area contributed by atoms with E-state index in [2.05, 4.69) is 19.9 Å². The van der Waals surface area contributed by atoms with Crippen molar-refractivity contribution < 1.29 is 8.42 Å². The summed E-state index contributed by atoms with van der Waals surface area (Å²) >= 11 is 0. The van der Waals surface area contributed by atoms with E-state index in [0.29, 0.717) is 18.7 Å². The molecule has 2 fully saturated rings. The largest absolute Gasteiger partial charge is 0.354 e. The van der Waals surface area contributed by atoms with Crippen LogP contribution in [0.15, 0.2) is 47.8 Å². The van der Waals surface area contributed by atoms with Crippen LogP contribution < -0.4 is 4.90 Å². The molecule has 2 aromatic heterocycles. The van der Waals surface area contributed by atoms with Gasteiger partial charge in [-0.05, 0) is 43.2 Å². The molecule has 0 bridgehead atoms. The number of hydrogen-bond acceptors (Lipinski definition) is 6. The van der Waals surface area contributed by atoms with E-state index in [9.17, 15) is 8.42 Å². The molecule has 1 aromatic carbocycles. The van der Waals surface area contributed by atoms with E-state index in [0.717, 1.165) is 29.7 Å². The summed E-state index contributed by atoms with van der Waals surface area (Å²) in [6, 6.07) is 10.1. The first-order valence-corrected chi connectivity index (χ1v) is 10.9. The van der Waals surface area contributed by atoms with Gasteiger partial charge in [-0.15, -0.1) is 0 Å². The lowest BCUT2D eigenvalue weighted by Gasteiger charge is -2.30. The summed E-state index contributed by atoms with van der Waals surface area (Å²) in [7, 11) is -1.63. The standard InChI is InChI=1S/C20H20N6O2S/c1-25(19-16-6-9-22-18(16)23-13-24-19)17-11-26(12-20(17)7-8-20)29(27,28)15-4-2-14(10-21)3-5-15/h2-6,9,13,17H,7-8,11-12H2,1H3,(H,22,23,24). The number of anilines is 1. The van der Waals surface area contributed by atoms with Crippen molar-refractivity contribution in [3.05, 3.63) is 48.4 Å². The van der Waals surface area contributed by atoms with Crippen LogP contribution in [-0.2, 0) is 10.0 Å². The fraction of sp³-hybridized carbons (Fsp3) is 0.350. The molecular formula is C20H20N6O2S. The molecule has 3 heterocycles. The van der Waals surface area contributed by atoms with Gasteiger partial charge in [0.2, 0.25) is 10.0 Å². The third kappa shape index (κ3) is 2.79. The van der Waals surface area contributed by atoms with E-state index in [-0.39, 0.29) is 16.4 Å². The molecule has 0 amide bonds. The first kappa shape index (κ1) is 18.1. The second-order valence-electron chi connectivity index (χ2n) is 7.86. The number of sulfonamides is 1. The van der Waals surface area contributed by atoms with Crippen molar-refractivity contribution >= 4 is 26.9 Å². The summed E-state index contributed by atoms with van der Waals surface area (Å²) in [5.74, 6) is 0.810. The Hall–Kier alpha value is -2.96. The molecule has 29 heavy (non-hydrogen) atoms. The monoisotopic (exact) mass is 408 g/mol. The Morgan fingerprint density at radius 1 is 1.24 bits per heavy atom. The molecule has 1 spiro atoms. The summed E-state index contributed by atoms with van der Waals surface area (Å²) in [6.45, 7) is 0.917. The van der Waals surface area contributed by atoms with E-state index in [1.165, 1.54) is 18.5 Å². The second-order valence-corrected chi connectivity index (χ2v) is 9.80. The minimum atomic E-state index is -3.62. The Balaban J connectivity index is 1.46. The molecule has 3 aromatic rings. The molecule has 1 atom stereocenters. The molecule has 1 saturated heterocycles. The Morgan fingerprint density at radius 2 is 2.00 bits per heavy atom. The van der Waals surface area contributed by atoms with Crippen molar-refractivity contribution in [3.63, 3.8) is 0 Å². The van der Waals surface area contributed by atoms with Crippen molar-refractivity contribution in [2.24, 2.45) is 5.41 Å². The normalized spacial score (nSPS) is 20.8. The fourth-order valence-electron chi connectivity index (χ4n) is 4.41. The number of likely N-dealkylation sites (N-methyl/N-ethyl adjacent to an activating group) is 1. The van der Waals surface area contributed by atoms with Crippen LogP contribution in [0.5, 0.6) is 0 Å². The topological polar surface area (TPSA) is 106 Å². The van der Waals surface area contributed by atoms with Gasteiger partial charge in [0.15, 0.2) is 0 Å². The lowest BCUT2D eigenvalue weighted by atomic mass is 9.99. The molecular weight excluding hydrogens is 388 g/mol. The maximum Gasteiger partial charge on any atom is 0.243 e. The third-order valence-corrected chi connectivity index (χ3v) is 8.05. The van der Waals surface area contributed by atoms with E-state index in [1.807, 2.05) is 25.4 Å².